The van der Waals surface area contributed by atoms with Gasteiger partial charge in [0.15, 0.2) is 5.84 Å². The molecule has 2 rings (SSSR count). The van der Waals surface area contributed by atoms with Gasteiger partial charge in [0, 0.05) is 11.8 Å². The van der Waals surface area contributed by atoms with Crippen molar-refractivity contribution in [1.82, 2.24) is 4.98 Å². The molecule has 1 heterocycles. The number of halogens is 2. The lowest BCUT2D eigenvalue weighted by Gasteiger charge is -2.14. The Morgan fingerprint density at radius 1 is 1.33 bits per heavy atom. The van der Waals surface area contributed by atoms with Crippen LogP contribution in [0.3, 0.4) is 0 Å². The smallest absolute Gasteiger partial charge is 0.175 e. The second-order valence-corrected chi connectivity index (χ2v) is 5.24. The van der Waals surface area contributed by atoms with Crippen LogP contribution in [-0.2, 0) is 0 Å². The highest BCUT2D eigenvalue weighted by Gasteiger charge is 2.16. The highest BCUT2D eigenvalue weighted by atomic mass is 79.9. The summed E-state index contributed by atoms with van der Waals surface area (Å²) in [6.07, 6.45) is 0. The van der Waals surface area contributed by atoms with Crippen LogP contribution in [0.4, 0.5) is 4.39 Å². The van der Waals surface area contributed by atoms with Crippen LogP contribution >= 0.6 is 15.9 Å². The van der Waals surface area contributed by atoms with Gasteiger partial charge >= 0.3 is 0 Å². The van der Waals surface area contributed by atoms with Crippen molar-refractivity contribution < 1.29 is 14.3 Å². The van der Waals surface area contributed by atoms with Crippen molar-refractivity contribution >= 4 is 21.8 Å². The van der Waals surface area contributed by atoms with Gasteiger partial charge in [0.25, 0.3) is 0 Å². The minimum atomic E-state index is -0.382. The van der Waals surface area contributed by atoms with Crippen molar-refractivity contribution in [2.45, 2.75) is 13.8 Å². The molecule has 2 aromatic rings. The third-order valence-corrected chi connectivity index (χ3v) is 3.39. The van der Waals surface area contributed by atoms with Gasteiger partial charge in [0.1, 0.15) is 17.3 Å². The Morgan fingerprint density at radius 2 is 2.05 bits per heavy atom. The van der Waals surface area contributed by atoms with Crippen molar-refractivity contribution in [3.63, 3.8) is 0 Å². The highest BCUT2D eigenvalue weighted by Crippen LogP contribution is 2.33. The van der Waals surface area contributed by atoms with E-state index in [9.17, 15) is 4.39 Å². The summed E-state index contributed by atoms with van der Waals surface area (Å²) in [5.41, 5.74) is 7.34. The van der Waals surface area contributed by atoms with Crippen molar-refractivity contribution in [3.8, 4) is 11.5 Å². The predicted molar refractivity (Wildman–Crippen MR) is 80.4 cm³/mol. The van der Waals surface area contributed by atoms with Gasteiger partial charge in [-0.15, -0.1) is 0 Å². The zero-order valence-electron chi connectivity index (χ0n) is 11.4. The Kier molecular flexibility index (Phi) is 4.42. The quantitative estimate of drug-likeness (QED) is 0.383. The first-order valence-electron chi connectivity index (χ1n) is 6.01. The van der Waals surface area contributed by atoms with Crippen LogP contribution in [0.1, 0.15) is 17.0 Å². The molecule has 0 bridgehead atoms. The Hall–Kier alpha value is -2.15. The number of pyridine rings is 1. The van der Waals surface area contributed by atoms with Gasteiger partial charge in [-0.1, -0.05) is 5.16 Å². The summed E-state index contributed by atoms with van der Waals surface area (Å²) in [6.45, 7) is 3.53. The number of hydrogen-bond donors (Lipinski definition) is 2. The van der Waals surface area contributed by atoms with Gasteiger partial charge in [0.05, 0.1) is 15.7 Å². The van der Waals surface area contributed by atoms with Crippen molar-refractivity contribution in [2.24, 2.45) is 10.9 Å². The minimum absolute atomic E-state index is 0.103. The molecule has 0 spiro atoms. The maximum atomic E-state index is 13.1. The Labute approximate surface area is 129 Å². The van der Waals surface area contributed by atoms with Crippen LogP contribution in [0.2, 0.25) is 0 Å². The van der Waals surface area contributed by atoms with E-state index in [-0.39, 0.29) is 11.7 Å². The number of nitrogens with two attached hydrogens (primary N) is 1. The van der Waals surface area contributed by atoms with Crippen molar-refractivity contribution in [1.29, 1.82) is 0 Å². The largest absolute Gasteiger partial charge is 0.455 e. The molecule has 0 radical (unpaired) electrons. The van der Waals surface area contributed by atoms with Gasteiger partial charge in [0.2, 0.25) is 0 Å². The fourth-order valence-corrected chi connectivity index (χ4v) is 2.34. The molecule has 0 atom stereocenters. The maximum absolute atomic E-state index is 13.1. The molecule has 0 fully saturated rings. The average Bonchev–Trinajstić information content (AvgIpc) is 2.40. The number of benzene rings is 1. The van der Waals surface area contributed by atoms with Gasteiger partial charge in [-0.3, -0.25) is 4.98 Å². The SMILES string of the molecule is Cc1cc(Oc2ccc(F)cc2Br)c(/C(N)=N/O)c(C)n1. The van der Waals surface area contributed by atoms with Crippen LogP contribution in [-0.4, -0.2) is 16.0 Å². The number of amidine groups is 1. The monoisotopic (exact) mass is 353 g/mol. The van der Waals surface area contributed by atoms with Crippen molar-refractivity contribution in [2.75, 3.05) is 0 Å². The summed E-state index contributed by atoms with van der Waals surface area (Å²) in [5.74, 6) is 0.303. The minimum Gasteiger partial charge on any atom is -0.455 e. The lowest BCUT2D eigenvalue weighted by Crippen LogP contribution is -2.17. The molecule has 110 valence electrons. The third kappa shape index (κ3) is 3.30. The van der Waals surface area contributed by atoms with Gasteiger partial charge in [-0.2, -0.15) is 0 Å². The molecule has 0 saturated heterocycles. The molecule has 1 aromatic carbocycles. The normalized spacial score (nSPS) is 11.5. The first-order chi connectivity index (χ1) is 9.92. The van der Waals surface area contributed by atoms with Crippen LogP contribution in [0, 0.1) is 19.7 Å². The molecule has 7 heteroatoms. The van der Waals surface area contributed by atoms with Gasteiger partial charge < -0.3 is 15.7 Å². The lowest BCUT2D eigenvalue weighted by molar-refractivity contribution is 0.318. The average molecular weight is 354 g/mol. The second kappa shape index (κ2) is 6.09. The number of aromatic nitrogens is 1. The molecule has 1 aromatic heterocycles. The zero-order chi connectivity index (χ0) is 15.6. The molecule has 3 N–H and O–H groups in total. The molecule has 0 aliphatic heterocycles. The van der Waals surface area contributed by atoms with E-state index in [4.69, 9.17) is 15.7 Å². The molecular formula is C14H13BrFN3O2. The summed E-state index contributed by atoms with van der Waals surface area (Å²) in [6, 6.07) is 5.72. The lowest BCUT2D eigenvalue weighted by atomic mass is 10.1. The van der Waals surface area contributed by atoms with E-state index in [0.717, 1.165) is 5.69 Å². The molecule has 0 saturated carbocycles. The number of aryl methyl sites for hydroxylation is 2. The van der Waals surface area contributed by atoms with Gasteiger partial charge in [-0.05, 0) is 48.0 Å². The molecule has 5 nitrogen and oxygen atoms in total. The summed E-state index contributed by atoms with van der Waals surface area (Å²) in [5, 5.41) is 11.9. The number of oxime groups is 1. The summed E-state index contributed by atoms with van der Waals surface area (Å²) >= 11 is 3.23. The zero-order valence-corrected chi connectivity index (χ0v) is 13.0. The van der Waals surface area contributed by atoms with E-state index in [2.05, 4.69) is 26.1 Å². The van der Waals surface area contributed by atoms with E-state index < -0.39 is 0 Å². The summed E-state index contributed by atoms with van der Waals surface area (Å²) in [4.78, 5) is 4.26. The molecule has 0 unspecified atom stereocenters. The Bertz CT molecular complexity index is 720. The van der Waals surface area contributed by atoms with Crippen LogP contribution in [0.5, 0.6) is 11.5 Å². The molecule has 0 aliphatic carbocycles. The first-order valence-corrected chi connectivity index (χ1v) is 6.80. The predicted octanol–water partition coefficient (Wildman–Crippen LogP) is 3.49. The van der Waals surface area contributed by atoms with Crippen LogP contribution in [0.15, 0.2) is 33.9 Å². The number of rotatable bonds is 3. The maximum Gasteiger partial charge on any atom is 0.175 e. The van der Waals surface area contributed by atoms with E-state index >= 15 is 0 Å². The van der Waals surface area contributed by atoms with Crippen LogP contribution < -0.4 is 10.5 Å². The van der Waals surface area contributed by atoms with E-state index in [1.54, 1.807) is 19.9 Å². The number of hydrogen-bond acceptors (Lipinski definition) is 4. The van der Waals surface area contributed by atoms with Gasteiger partial charge in [-0.25, -0.2) is 4.39 Å². The fraction of sp³-hybridized carbons (Fsp3) is 0.143. The summed E-state index contributed by atoms with van der Waals surface area (Å²) < 4.78 is 19.3. The standard InChI is InChI=1S/C14H13BrFN3O2/c1-7-5-12(13(8(2)18-7)14(17)19-20)21-11-4-3-9(16)6-10(11)15/h3-6,20H,1-2H3,(H2,17,19). The van der Waals surface area contributed by atoms with E-state index in [1.165, 1.54) is 18.2 Å². The van der Waals surface area contributed by atoms with E-state index in [0.29, 0.717) is 27.2 Å². The number of ether oxygens (including phenoxy) is 1. The molecule has 0 aliphatic rings. The third-order valence-electron chi connectivity index (χ3n) is 2.77. The molecular weight excluding hydrogens is 341 g/mol. The molecule has 0 amide bonds. The van der Waals surface area contributed by atoms with Crippen molar-refractivity contribution in [3.05, 3.63) is 51.5 Å². The molecule has 21 heavy (non-hydrogen) atoms. The Morgan fingerprint density at radius 3 is 2.67 bits per heavy atom. The fourth-order valence-electron chi connectivity index (χ4n) is 1.91. The number of nitrogens with zero attached hydrogens (tertiary/aromatic N) is 2. The second-order valence-electron chi connectivity index (χ2n) is 4.38. The van der Waals surface area contributed by atoms with E-state index in [1.807, 2.05) is 0 Å². The highest BCUT2D eigenvalue weighted by molar-refractivity contribution is 9.10. The Balaban J connectivity index is 2.53. The van der Waals surface area contributed by atoms with Crippen LogP contribution in [0.25, 0.3) is 0 Å². The first kappa shape index (κ1) is 15.2. The topological polar surface area (TPSA) is 80.7 Å². The summed E-state index contributed by atoms with van der Waals surface area (Å²) in [7, 11) is 0.